The van der Waals surface area contributed by atoms with Crippen LogP contribution in [0.5, 0.6) is 0 Å². The van der Waals surface area contributed by atoms with Gasteiger partial charge in [-0.2, -0.15) is 5.10 Å². The van der Waals surface area contributed by atoms with Crippen molar-refractivity contribution in [2.75, 3.05) is 31.1 Å². The molecule has 1 aromatic carbocycles. The zero-order valence-electron chi connectivity index (χ0n) is 18.5. The van der Waals surface area contributed by atoms with Crippen LogP contribution in [0, 0.1) is 5.92 Å². The van der Waals surface area contributed by atoms with Crippen LogP contribution in [0.2, 0.25) is 0 Å². The number of aryl methyl sites for hydroxylation is 2. The fraction of sp³-hybridized carbons (Fsp3) is 0.417. The monoisotopic (exact) mass is 429 g/mol. The molecule has 1 saturated heterocycles. The molecule has 32 heavy (non-hydrogen) atoms. The van der Waals surface area contributed by atoms with E-state index in [0.717, 1.165) is 53.9 Å². The number of benzene rings is 1. The summed E-state index contributed by atoms with van der Waals surface area (Å²) in [5.74, 6) is 1.70. The van der Waals surface area contributed by atoms with Gasteiger partial charge < -0.3 is 14.8 Å². The van der Waals surface area contributed by atoms with Crippen molar-refractivity contribution >= 4 is 33.7 Å². The van der Waals surface area contributed by atoms with E-state index in [9.17, 15) is 4.79 Å². The van der Waals surface area contributed by atoms with Gasteiger partial charge in [0.25, 0.3) is 5.91 Å². The number of nitrogens with zero attached hydrogens (tertiary/aromatic N) is 6. The lowest BCUT2D eigenvalue weighted by atomic mass is 9.87. The smallest absolute Gasteiger partial charge is 0.256 e. The molecule has 0 unspecified atom stereocenters. The van der Waals surface area contributed by atoms with Crippen molar-refractivity contribution in [1.82, 2.24) is 29.6 Å². The summed E-state index contributed by atoms with van der Waals surface area (Å²) < 4.78 is 1.76. The third kappa shape index (κ3) is 2.97. The Labute approximate surface area is 186 Å². The largest absolute Gasteiger partial charge is 0.358 e. The van der Waals surface area contributed by atoms with E-state index in [-0.39, 0.29) is 5.91 Å². The van der Waals surface area contributed by atoms with Crippen molar-refractivity contribution in [1.29, 1.82) is 0 Å². The van der Waals surface area contributed by atoms with E-state index in [1.54, 1.807) is 11.0 Å². The van der Waals surface area contributed by atoms with Crippen LogP contribution in [-0.4, -0.2) is 61.7 Å². The predicted octanol–water partition coefficient (Wildman–Crippen LogP) is 2.93. The second-order valence-corrected chi connectivity index (χ2v) is 9.14. The molecule has 8 heteroatoms. The number of piperazine rings is 1. The van der Waals surface area contributed by atoms with Gasteiger partial charge in [-0.1, -0.05) is 19.1 Å². The minimum atomic E-state index is 0.108. The molecule has 1 atom stereocenters. The Morgan fingerprint density at radius 3 is 2.81 bits per heavy atom. The van der Waals surface area contributed by atoms with Crippen LogP contribution < -0.4 is 4.90 Å². The first-order chi connectivity index (χ1) is 15.6. The highest BCUT2D eigenvalue weighted by molar-refractivity contribution is 6.07. The summed E-state index contributed by atoms with van der Waals surface area (Å²) in [4.78, 5) is 30.1. The van der Waals surface area contributed by atoms with Gasteiger partial charge in [0.05, 0.1) is 22.7 Å². The van der Waals surface area contributed by atoms with E-state index >= 15 is 0 Å². The molecule has 4 aromatic rings. The summed E-state index contributed by atoms with van der Waals surface area (Å²) in [5.41, 5.74) is 5.33. The Morgan fingerprint density at radius 2 is 1.97 bits per heavy atom. The van der Waals surface area contributed by atoms with E-state index in [1.807, 2.05) is 30.3 Å². The van der Waals surface area contributed by atoms with Crippen LogP contribution in [0.15, 0.2) is 30.7 Å². The minimum Gasteiger partial charge on any atom is -0.358 e. The predicted molar refractivity (Wildman–Crippen MR) is 124 cm³/mol. The van der Waals surface area contributed by atoms with Crippen molar-refractivity contribution in [2.45, 2.75) is 26.2 Å². The summed E-state index contributed by atoms with van der Waals surface area (Å²) in [6.07, 6.45) is 6.77. The first-order valence-corrected chi connectivity index (χ1v) is 11.4. The number of H-pyrrole nitrogens is 1. The van der Waals surface area contributed by atoms with Crippen molar-refractivity contribution in [3.05, 3.63) is 47.5 Å². The zero-order chi connectivity index (χ0) is 21.8. The minimum absolute atomic E-state index is 0.108. The third-order valence-electron chi connectivity index (χ3n) is 7.07. The molecule has 2 aliphatic rings. The molecule has 1 fully saturated rings. The number of amides is 1. The Morgan fingerprint density at radius 1 is 1.12 bits per heavy atom. The van der Waals surface area contributed by atoms with Crippen LogP contribution in [0.4, 0.5) is 5.82 Å². The van der Waals surface area contributed by atoms with Gasteiger partial charge in [0, 0.05) is 44.3 Å². The standard InChI is InChI=1S/C24H27N7O/c1-15-6-7-20-18(12-15)16-4-3-5-17(21(16)28-20)24(32)31-10-8-30(9-11-31)23-19-13-27-29(2)22(19)25-14-26-23/h3-5,13-15,28H,6-12H2,1-2H3/t15-/m1/s1. The molecule has 0 saturated carbocycles. The van der Waals surface area contributed by atoms with E-state index in [1.165, 1.54) is 23.1 Å². The number of nitrogens with one attached hydrogen (secondary N) is 1. The zero-order valence-corrected chi connectivity index (χ0v) is 18.5. The highest BCUT2D eigenvalue weighted by Crippen LogP contribution is 2.33. The van der Waals surface area contributed by atoms with Crippen molar-refractivity contribution in [2.24, 2.45) is 13.0 Å². The molecule has 6 rings (SSSR count). The Balaban J connectivity index is 1.25. The lowest BCUT2D eigenvalue weighted by Gasteiger charge is -2.35. The van der Waals surface area contributed by atoms with Crippen LogP contribution in [-0.2, 0) is 19.9 Å². The molecule has 1 N–H and O–H groups in total. The number of aromatic nitrogens is 5. The number of rotatable bonds is 2. The highest BCUT2D eigenvalue weighted by atomic mass is 16.2. The lowest BCUT2D eigenvalue weighted by molar-refractivity contribution is 0.0748. The second-order valence-electron chi connectivity index (χ2n) is 9.14. The van der Waals surface area contributed by atoms with Gasteiger partial charge in [-0.15, -0.1) is 0 Å². The molecular weight excluding hydrogens is 402 g/mol. The Hall–Kier alpha value is -3.42. The number of carbonyl (C=O) groups excluding carboxylic acids is 1. The molecule has 1 amide bonds. The van der Waals surface area contributed by atoms with Crippen LogP contribution in [0.1, 0.15) is 35.0 Å². The van der Waals surface area contributed by atoms with Crippen molar-refractivity contribution in [3.63, 3.8) is 0 Å². The number of fused-ring (bicyclic) bond motifs is 4. The molecule has 4 heterocycles. The van der Waals surface area contributed by atoms with E-state index in [4.69, 9.17) is 0 Å². The average molecular weight is 430 g/mol. The third-order valence-corrected chi connectivity index (χ3v) is 7.07. The first kappa shape index (κ1) is 19.3. The maximum absolute atomic E-state index is 13.5. The van der Waals surface area contributed by atoms with Gasteiger partial charge in [-0.05, 0) is 36.8 Å². The van der Waals surface area contributed by atoms with Crippen LogP contribution in [0.25, 0.3) is 21.9 Å². The fourth-order valence-corrected chi connectivity index (χ4v) is 5.29. The summed E-state index contributed by atoms with van der Waals surface area (Å²) in [5, 5.41) is 6.48. The van der Waals surface area contributed by atoms with E-state index in [0.29, 0.717) is 19.0 Å². The van der Waals surface area contributed by atoms with Crippen LogP contribution in [0.3, 0.4) is 0 Å². The molecule has 0 radical (unpaired) electrons. The molecule has 164 valence electrons. The number of hydrogen-bond donors (Lipinski definition) is 1. The van der Waals surface area contributed by atoms with Crippen molar-refractivity contribution in [3.8, 4) is 0 Å². The highest BCUT2D eigenvalue weighted by Gasteiger charge is 2.27. The van der Waals surface area contributed by atoms with E-state index < -0.39 is 0 Å². The maximum atomic E-state index is 13.5. The Kier molecular flexibility index (Phi) is 4.41. The van der Waals surface area contributed by atoms with Gasteiger partial charge in [0.1, 0.15) is 12.1 Å². The van der Waals surface area contributed by atoms with E-state index in [2.05, 4.69) is 37.9 Å². The summed E-state index contributed by atoms with van der Waals surface area (Å²) in [7, 11) is 1.88. The topological polar surface area (TPSA) is 82.9 Å². The molecule has 8 nitrogen and oxygen atoms in total. The lowest BCUT2D eigenvalue weighted by Crippen LogP contribution is -2.49. The molecule has 1 aliphatic heterocycles. The number of anilines is 1. The SMILES string of the molecule is C[C@@H]1CCc2[nH]c3c(C(=O)N4CCN(c5ncnc6c5cnn6C)CC4)cccc3c2C1. The number of hydrogen-bond acceptors (Lipinski definition) is 5. The average Bonchev–Trinajstić information content (AvgIpc) is 3.39. The number of aromatic amines is 1. The molecule has 0 spiro atoms. The van der Waals surface area contributed by atoms with Gasteiger partial charge in [0.2, 0.25) is 0 Å². The first-order valence-electron chi connectivity index (χ1n) is 11.4. The van der Waals surface area contributed by atoms with Crippen molar-refractivity contribution < 1.29 is 4.79 Å². The van der Waals surface area contributed by atoms with Gasteiger partial charge >= 0.3 is 0 Å². The van der Waals surface area contributed by atoms with Gasteiger partial charge in [-0.3, -0.25) is 9.48 Å². The van der Waals surface area contributed by atoms with Gasteiger partial charge in [0.15, 0.2) is 5.65 Å². The Bertz CT molecular complexity index is 1330. The van der Waals surface area contributed by atoms with Crippen LogP contribution >= 0.6 is 0 Å². The normalized spacial score (nSPS) is 19.0. The molecule has 3 aromatic heterocycles. The maximum Gasteiger partial charge on any atom is 0.256 e. The second kappa shape index (κ2) is 7.32. The van der Waals surface area contributed by atoms with Gasteiger partial charge in [-0.25, -0.2) is 9.97 Å². The molecule has 1 aliphatic carbocycles. The summed E-state index contributed by atoms with van der Waals surface area (Å²) in [6.45, 7) is 5.12. The number of carbonyl (C=O) groups is 1. The summed E-state index contributed by atoms with van der Waals surface area (Å²) >= 11 is 0. The number of para-hydroxylation sites is 1. The molecular formula is C24H27N7O. The molecule has 0 bridgehead atoms. The summed E-state index contributed by atoms with van der Waals surface area (Å²) in [6, 6.07) is 6.15. The quantitative estimate of drug-likeness (QED) is 0.530. The fourth-order valence-electron chi connectivity index (χ4n) is 5.29.